The van der Waals surface area contributed by atoms with Gasteiger partial charge in [0.15, 0.2) is 10.3 Å². The fraction of sp³-hybridized carbons (Fsp3) is 0.714. The molecule has 0 saturated carbocycles. The first kappa shape index (κ1) is 12.5. The van der Waals surface area contributed by atoms with E-state index in [2.05, 4.69) is 9.47 Å². The predicted octanol–water partition coefficient (Wildman–Crippen LogP) is 0.937. The largest absolute Gasteiger partial charge is 0.468 e. The smallest absolute Gasteiger partial charge is 0.328 e. The summed E-state index contributed by atoms with van der Waals surface area (Å²) in [4.78, 5) is 20.4. The van der Waals surface area contributed by atoms with Crippen molar-refractivity contribution in [2.24, 2.45) is 0 Å². The van der Waals surface area contributed by atoms with E-state index in [0.717, 1.165) is 14.2 Å². The van der Waals surface area contributed by atoms with Crippen LogP contribution < -0.4 is 0 Å². The second kappa shape index (κ2) is 4.67. The third-order valence-corrected chi connectivity index (χ3v) is 2.57. The summed E-state index contributed by atoms with van der Waals surface area (Å²) in [6.07, 6.45) is 0. The summed E-state index contributed by atoms with van der Waals surface area (Å²) in [5.74, 6) is -1.55. The van der Waals surface area contributed by atoms with Gasteiger partial charge in [-0.3, -0.25) is 9.59 Å². The number of hydrogen-bond acceptors (Lipinski definition) is 4. The number of carbonyl (C=O) groups is 2. The van der Waals surface area contributed by atoms with Crippen molar-refractivity contribution in [3.05, 3.63) is 0 Å². The van der Waals surface area contributed by atoms with Gasteiger partial charge in [-0.25, -0.2) is 0 Å². The minimum absolute atomic E-state index is 0.774. The number of esters is 2. The fourth-order valence-corrected chi connectivity index (χ4v) is 0.972. The molecule has 0 aromatic heterocycles. The summed E-state index contributed by atoms with van der Waals surface area (Å²) >= 11 is 11.3. The monoisotopic (exact) mass is 228 g/mol. The Labute approximate surface area is 86.1 Å². The van der Waals surface area contributed by atoms with Crippen molar-refractivity contribution in [1.29, 1.82) is 0 Å². The van der Waals surface area contributed by atoms with Gasteiger partial charge in [0.05, 0.1) is 14.2 Å². The molecule has 0 N–H and O–H groups in total. The molecule has 0 rings (SSSR count). The number of hydrogen-bond donors (Lipinski definition) is 0. The first-order chi connectivity index (χ1) is 5.87. The zero-order valence-electron chi connectivity index (χ0n) is 7.47. The van der Waals surface area contributed by atoms with Crippen LogP contribution in [0.2, 0.25) is 0 Å². The molecule has 0 aliphatic heterocycles. The van der Waals surface area contributed by atoms with E-state index in [-0.39, 0.29) is 0 Å². The van der Waals surface area contributed by atoms with Gasteiger partial charge in [0.25, 0.3) is 0 Å². The van der Waals surface area contributed by atoms with Crippen LogP contribution in [0.4, 0.5) is 0 Å². The van der Waals surface area contributed by atoms with Crippen LogP contribution in [0.3, 0.4) is 0 Å². The molecule has 0 aliphatic carbocycles. The lowest BCUT2D eigenvalue weighted by atomic mass is 10.1. The molecule has 0 fully saturated rings. The number of ether oxygens (including phenoxy) is 2. The highest BCUT2D eigenvalue weighted by Crippen LogP contribution is 2.26. The summed E-state index contributed by atoms with van der Waals surface area (Å²) < 4.78 is 8.70. The van der Waals surface area contributed by atoms with E-state index in [1.54, 1.807) is 0 Å². The lowest BCUT2D eigenvalue weighted by molar-refractivity contribution is -0.149. The van der Waals surface area contributed by atoms with Crippen molar-refractivity contribution in [2.75, 3.05) is 14.2 Å². The molecule has 0 saturated heterocycles. The topological polar surface area (TPSA) is 52.6 Å². The Morgan fingerprint density at radius 2 is 1.77 bits per heavy atom. The molecule has 0 radical (unpaired) electrons. The molecule has 0 aromatic carbocycles. The summed E-state index contributed by atoms with van der Waals surface area (Å²) in [6, 6.07) is 0. The first-order valence-electron chi connectivity index (χ1n) is 3.37. The molecular weight excluding hydrogens is 219 g/mol. The van der Waals surface area contributed by atoms with Gasteiger partial charge < -0.3 is 9.47 Å². The molecule has 2 unspecified atom stereocenters. The Morgan fingerprint density at radius 1 is 1.31 bits per heavy atom. The minimum Gasteiger partial charge on any atom is -0.468 e. The number of halogens is 2. The maximum atomic E-state index is 11.0. The van der Waals surface area contributed by atoms with Crippen LogP contribution in [0.1, 0.15) is 6.92 Å². The van der Waals surface area contributed by atoms with Crippen molar-refractivity contribution in [1.82, 2.24) is 0 Å². The predicted molar refractivity (Wildman–Crippen MR) is 47.9 cm³/mol. The van der Waals surface area contributed by atoms with Crippen LogP contribution in [0.15, 0.2) is 0 Å². The van der Waals surface area contributed by atoms with Crippen LogP contribution in [0.25, 0.3) is 0 Å². The zero-order chi connectivity index (χ0) is 10.6. The average Bonchev–Trinajstić information content (AvgIpc) is 2.13. The molecule has 0 bridgehead atoms. The molecule has 0 aromatic rings. The summed E-state index contributed by atoms with van der Waals surface area (Å²) in [5, 5.41) is -1.27. The standard InChI is InChI=1S/C7H10Cl2O4/c1-7(9,6(11)13-3)4(8)5(10)12-2/h4H,1-3H3. The first-order valence-corrected chi connectivity index (χ1v) is 4.18. The quantitative estimate of drug-likeness (QED) is 0.533. The Morgan fingerprint density at radius 3 is 2.08 bits per heavy atom. The molecule has 6 heteroatoms. The highest BCUT2D eigenvalue weighted by molar-refractivity contribution is 6.44. The maximum absolute atomic E-state index is 11.0. The number of carbonyl (C=O) groups excluding carboxylic acids is 2. The van der Waals surface area contributed by atoms with Crippen molar-refractivity contribution in [3.63, 3.8) is 0 Å². The van der Waals surface area contributed by atoms with Gasteiger partial charge in [-0.2, -0.15) is 0 Å². The van der Waals surface area contributed by atoms with Gasteiger partial charge in [-0.05, 0) is 6.92 Å². The van der Waals surface area contributed by atoms with E-state index in [1.165, 1.54) is 6.92 Å². The zero-order valence-corrected chi connectivity index (χ0v) is 8.98. The molecule has 0 spiro atoms. The van der Waals surface area contributed by atoms with Crippen molar-refractivity contribution < 1.29 is 19.1 Å². The fourth-order valence-electron chi connectivity index (χ4n) is 0.628. The van der Waals surface area contributed by atoms with E-state index in [9.17, 15) is 9.59 Å². The van der Waals surface area contributed by atoms with Gasteiger partial charge in [0.2, 0.25) is 0 Å². The highest BCUT2D eigenvalue weighted by atomic mass is 35.5. The Hall–Kier alpha value is -0.480. The van der Waals surface area contributed by atoms with E-state index in [4.69, 9.17) is 23.2 Å². The highest BCUT2D eigenvalue weighted by Gasteiger charge is 2.44. The summed E-state index contributed by atoms with van der Waals surface area (Å²) in [7, 11) is 2.31. The molecule has 76 valence electrons. The van der Waals surface area contributed by atoms with Gasteiger partial charge in [-0.1, -0.05) is 0 Å². The molecule has 0 amide bonds. The Balaban J connectivity index is 4.62. The molecule has 0 aliphatic rings. The van der Waals surface area contributed by atoms with Gasteiger partial charge in [0, 0.05) is 0 Å². The lowest BCUT2D eigenvalue weighted by Gasteiger charge is -2.22. The van der Waals surface area contributed by atoms with Crippen molar-refractivity contribution >= 4 is 35.1 Å². The van der Waals surface area contributed by atoms with Crippen LogP contribution in [-0.4, -0.2) is 36.4 Å². The number of rotatable bonds is 3. The summed E-state index contributed by atoms with van der Waals surface area (Å²) in [5.41, 5.74) is 0. The minimum atomic E-state index is -1.61. The van der Waals surface area contributed by atoms with Crippen LogP contribution >= 0.6 is 23.2 Å². The van der Waals surface area contributed by atoms with Crippen molar-refractivity contribution in [3.8, 4) is 0 Å². The van der Waals surface area contributed by atoms with Crippen LogP contribution in [0, 0.1) is 0 Å². The Bertz CT molecular complexity index is 215. The molecule has 0 heterocycles. The normalized spacial score (nSPS) is 17.0. The maximum Gasteiger partial charge on any atom is 0.328 e. The van der Waals surface area contributed by atoms with Crippen LogP contribution in [0.5, 0.6) is 0 Å². The average molecular weight is 229 g/mol. The van der Waals surface area contributed by atoms with Crippen LogP contribution in [-0.2, 0) is 19.1 Å². The van der Waals surface area contributed by atoms with E-state index >= 15 is 0 Å². The van der Waals surface area contributed by atoms with E-state index in [1.807, 2.05) is 0 Å². The number of methoxy groups -OCH3 is 2. The van der Waals surface area contributed by atoms with Gasteiger partial charge >= 0.3 is 11.9 Å². The van der Waals surface area contributed by atoms with E-state index in [0.29, 0.717) is 0 Å². The van der Waals surface area contributed by atoms with Gasteiger partial charge in [0.1, 0.15) is 0 Å². The third kappa shape index (κ3) is 2.74. The number of alkyl halides is 2. The third-order valence-electron chi connectivity index (χ3n) is 1.47. The summed E-state index contributed by atoms with van der Waals surface area (Å²) in [6.45, 7) is 1.29. The van der Waals surface area contributed by atoms with E-state index < -0.39 is 22.2 Å². The molecule has 13 heavy (non-hydrogen) atoms. The lowest BCUT2D eigenvalue weighted by Crippen LogP contribution is -2.44. The van der Waals surface area contributed by atoms with Crippen molar-refractivity contribution in [2.45, 2.75) is 17.2 Å². The molecular formula is C7H10Cl2O4. The molecule has 2 atom stereocenters. The van der Waals surface area contributed by atoms with Gasteiger partial charge in [-0.15, -0.1) is 23.2 Å². The second-order valence-corrected chi connectivity index (χ2v) is 3.67. The SMILES string of the molecule is COC(=O)C(Cl)C(C)(Cl)C(=O)OC. The second-order valence-electron chi connectivity index (χ2n) is 2.45. The Kier molecular flexibility index (Phi) is 4.50. The molecule has 4 nitrogen and oxygen atoms in total.